The molecule has 1 nitrogen and oxygen atoms in total. The van der Waals surface area contributed by atoms with Crippen LogP contribution in [0.15, 0.2) is 54.6 Å². The van der Waals surface area contributed by atoms with Gasteiger partial charge >= 0.3 is 0 Å². The largest absolute Gasteiger partial charge is 0.325 e. The lowest BCUT2D eigenvalue weighted by atomic mass is 10.1. The second-order valence-electron chi connectivity index (χ2n) is 4.27. The smallest absolute Gasteiger partial charge is 0.114 e. The van der Waals surface area contributed by atoms with Crippen molar-refractivity contribution in [3.05, 3.63) is 65.7 Å². The Morgan fingerprint density at radius 3 is 2.29 bits per heavy atom. The maximum absolute atomic E-state index is 5.58. The quantitative estimate of drug-likeness (QED) is 0.693. The van der Waals surface area contributed by atoms with Crippen molar-refractivity contribution in [3.8, 4) is 0 Å². The summed E-state index contributed by atoms with van der Waals surface area (Å²) < 4.78 is 0. The molecule has 1 aliphatic rings. The fraction of sp³-hybridized carbons (Fsp3) is 0.133. The Morgan fingerprint density at radius 2 is 1.59 bits per heavy atom. The Morgan fingerprint density at radius 1 is 0.941 bits per heavy atom. The summed E-state index contributed by atoms with van der Waals surface area (Å²) in [5.41, 5.74) is 3.68. The number of thiocarbonyl (C=S) groups is 1. The predicted molar refractivity (Wildman–Crippen MR) is 75.5 cm³/mol. The van der Waals surface area contributed by atoms with Gasteiger partial charge in [-0.1, -0.05) is 54.7 Å². The molecule has 0 spiro atoms. The molecule has 1 atom stereocenters. The highest BCUT2D eigenvalue weighted by Crippen LogP contribution is 2.37. The van der Waals surface area contributed by atoms with Gasteiger partial charge < -0.3 is 4.90 Å². The Bertz CT molecular complexity index is 562. The van der Waals surface area contributed by atoms with Gasteiger partial charge in [-0.2, -0.15) is 0 Å². The van der Waals surface area contributed by atoms with E-state index in [9.17, 15) is 0 Å². The molecule has 2 heteroatoms. The fourth-order valence-corrected chi connectivity index (χ4v) is 2.88. The van der Waals surface area contributed by atoms with Gasteiger partial charge in [0.25, 0.3) is 0 Å². The third-order valence-corrected chi connectivity index (χ3v) is 3.70. The lowest BCUT2D eigenvalue weighted by Crippen LogP contribution is -2.25. The van der Waals surface area contributed by atoms with Gasteiger partial charge in [0.2, 0.25) is 0 Å². The summed E-state index contributed by atoms with van der Waals surface area (Å²) >= 11 is 5.58. The van der Waals surface area contributed by atoms with Gasteiger partial charge in [-0.15, -0.1) is 0 Å². The minimum absolute atomic E-state index is 0.320. The summed E-state index contributed by atoms with van der Waals surface area (Å²) in [6.45, 7) is 2.20. The molecule has 2 aromatic carbocycles. The van der Waals surface area contributed by atoms with Crippen molar-refractivity contribution in [2.24, 2.45) is 0 Å². The van der Waals surface area contributed by atoms with Gasteiger partial charge in [0, 0.05) is 11.3 Å². The monoisotopic (exact) mass is 239 g/mol. The van der Waals surface area contributed by atoms with E-state index in [0.29, 0.717) is 6.04 Å². The topological polar surface area (TPSA) is 3.24 Å². The second kappa shape index (κ2) is 3.97. The Hall–Kier alpha value is -1.67. The number of para-hydroxylation sites is 1. The third-order valence-electron chi connectivity index (χ3n) is 3.28. The molecule has 0 bridgehead atoms. The van der Waals surface area contributed by atoms with Crippen LogP contribution in [0.1, 0.15) is 24.1 Å². The van der Waals surface area contributed by atoms with Crippen LogP contribution in [0.4, 0.5) is 5.69 Å². The average molecular weight is 239 g/mol. The minimum atomic E-state index is 0.320. The normalized spacial score (nSPS) is 18.3. The maximum Gasteiger partial charge on any atom is 0.114 e. The van der Waals surface area contributed by atoms with Crippen molar-refractivity contribution < 1.29 is 0 Å². The molecule has 0 aromatic heterocycles. The molecule has 2 aromatic rings. The highest BCUT2D eigenvalue weighted by Gasteiger charge is 2.31. The van der Waals surface area contributed by atoms with E-state index in [2.05, 4.69) is 42.2 Å². The van der Waals surface area contributed by atoms with Gasteiger partial charge in [-0.3, -0.25) is 0 Å². The number of benzene rings is 2. The van der Waals surface area contributed by atoms with E-state index in [0.717, 1.165) is 4.99 Å². The molecule has 0 N–H and O–H groups in total. The van der Waals surface area contributed by atoms with Crippen molar-refractivity contribution >= 4 is 22.9 Å². The first-order valence-electron chi connectivity index (χ1n) is 5.76. The number of hydrogen-bond donors (Lipinski definition) is 0. The Kier molecular flexibility index (Phi) is 2.45. The van der Waals surface area contributed by atoms with E-state index in [1.807, 2.05) is 24.3 Å². The zero-order valence-corrected chi connectivity index (χ0v) is 10.4. The molecule has 1 unspecified atom stereocenters. The van der Waals surface area contributed by atoms with E-state index in [4.69, 9.17) is 12.2 Å². The van der Waals surface area contributed by atoms with Gasteiger partial charge in [0.1, 0.15) is 4.99 Å². The second-order valence-corrected chi connectivity index (χ2v) is 4.66. The lowest BCUT2D eigenvalue weighted by molar-refractivity contribution is 0.824. The molecule has 1 heterocycles. The Balaban J connectivity index is 2.10. The van der Waals surface area contributed by atoms with Crippen LogP contribution >= 0.6 is 12.2 Å². The van der Waals surface area contributed by atoms with E-state index in [-0.39, 0.29) is 0 Å². The fourth-order valence-electron chi connectivity index (χ4n) is 2.43. The molecular weight excluding hydrogens is 226 g/mol. The number of fused-ring (bicyclic) bond motifs is 1. The first-order valence-corrected chi connectivity index (χ1v) is 6.17. The SMILES string of the molecule is CC1c2ccccc2C(=S)N1c1ccccc1. The number of hydrogen-bond acceptors (Lipinski definition) is 1. The molecule has 3 rings (SSSR count). The van der Waals surface area contributed by atoms with Crippen LogP contribution in [-0.2, 0) is 0 Å². The molecule has 84 valence electrons. The van der Waals surface area contributed by atoms with Crippen LogP contribution in [0, 0.1) is 0 Å². The number of nitrogens with zero attached hydrogens (tertiary/aromatic N) is 1. The lowest BCUT2D eigenvalue weighted by Gasteiger charge is -2.24. The summed E-state index contributed by atoms with van der Waals surface area (Å²) in [6.07, 6.45) is 0. The van der Waals surface area contributed by atoms with Crippen LogP contribution in [0.5, 0.6) is 0 Å². The summed E-state index contributed by atoms with van der Waals surface area (Å²) in [5, 5.41) is 0. The molecular formula is C15H13NS. The zero-order valence-electron chi connectivity index (χ0n) is 9.63. The van der Waals surface area contributed by atoms with Crippen LogP contribution in [0.3, 0.4) is 0 Å². The highest BCUT2D eigenvalue weighted by molar-refractivity contribution is 7.81. The van der Waals surface area contributed by atoms with Crippen molar-refractivity contribution in [1.29, 1.82) is 0 Å². The first kappa shape index (κ1) is 10.5. The predicted octanol–water partition coefficient (Wildman–Crippen LogP) is 3.94. The molecule has 0 fully saturated rings. The summed E-state index contributed by atoms with van der Waals surface area (Å²) in [5.74, 6) is 0. The van der Waals surface area contributed by atoms with E-state index >= 15 is 0 Å². The molecule has 0 saturated heterocycles. The third kappa shape index (κ3) is 1.56. The number of rotatable bonds is 1. The van der Waals surface area contributed by atoms with Crippen molar-refractivity contribution in [3.63, 3.8) is 0 Å². The zero-order chi connectivity index (χ0) is 11.8. The van der Waals surface area contributed by atoms with Crippen molar-refractivity contribution in [1.82, 2.24) is 0 Å². The number of anilines is 1. The molecule has 17 heavy (non-hydrogen) atoms. The molecule has 1 aliphatic heterocycles. The van der Waals surface area contributed by atoms with Crippen molar-refractivity contribution in [2.75, 3.05) is 4.90 Å². The maximum atomic E-state index is 5.58. The van der Waals surface area contributed by atoms with Gasteiger partial charge in [-0.05, 0) is 24.6 Å². The average Bonchev–Trinajstić information content (AvgIpc) is 2.64. The van der Waals surface area contributed by atoms with E-state index in [1.165, 1.54) is 16.8 Å². The van der Waals surface area contributed by atoms with E-state index < -0.39 is 0 Å². The standard InChI is InChI=1S/C15H13NS/c1-11-13-9-5-6-10-14(13)15(17)16(11)12-7-3-2-4-8-12/h2-11H,1H3. The first-order chi connectivity index (χ1) is 8.29. The molecule has 0 amide bonds. The minimum Gasteiger partial charge on any atom is -0.325 e. The summed E-state index contributed by atoms with van der Waals surface area (Å²) in [7, 11) is 0. The highest BCUT2D eigenvalue weighted by atomic mass is 32.1. The summed E-state index contributed by atoms with van der Waals surface area (Å²) in [4.78, 5) is 3.15. The Labute approximate surface area is 107 Å². The van der Waals surface area contributed by atoms with Gasteiger partial charge in [0.05, 0.1) is 6.04 Å². The summed E-state index contributed by atoms with van der Waals surface area (Å²) in [6, 6.07) is 19.1. The van der Waals surface area contributed by atoms with Crippen LogP contribution < -0.4 is 4.90 Å². The molecule has 0 saturated carbocycles. The van der Waals surface area contributed by atoms with Crippen molar-refractivity contribution in [2.45, 2.75) is 13.0 Å². The van der Waals surface area contributed by atoms with Crippen LogP contribution in [-0.4, -0.2) is 4.99 Å². The van der Waals surface area contributed by atoms with Crippen LogP contribution in [0.25, 0.3) is 0 Å². The van der Waals surface area contributed by atoms with Gasteiger partial charge in [0.15, 0.2) is 0 Å². The van der Waals surface area contributed by atoms with Gasteiger partial charge in [-0.25, -0.2) is 0 Å². The molecule has 0 aliphatic carbocycles. The van der Waals surface area contributed by atoms with Crippen LogP contribution in [0.2, 0.25) is 0 Å². The molecule has 0 radical (unpaired) electrons. The van der Waals surface area contributed by atoms with E-state index in [1.54, 1.807) is 0 Å².